The van der Waals surface area contributed by atoms with Crippen LogP contribution in [0.15, 0.2) is 0 Å². The van der Waals surface area contributed by atoms with Crippen molar-refractivity contribution in [2.45, 2.75) is 80.2 Å². The molecule has 0 aromatic rings. The first-order chi connectivity index (χ1) is 8.25. The number of rotatable bonds is 8. The lowest BCUT2D eigenvalue weighted by Crippen LogP contribution is -2.34. The van der Waals surface area contributed by atoms with Crippen LogP contribution in [0, 0.1) is 22.7 Å². The highest BCUT2D eigenvalue weighted by Crippen LogP contribution is 2.70. The molecule has 0 bridgehead atoms. The van der Waals surface area contributed by atoms with Crippen molar-refractivity contribution in [3.05, 3.63) is 0 Å². The van der Waals surface area contributed by atoms with Crippen molar-refractivity contribution in [2.24, 2.45) is 22.7 Å². The van der Waals surface area contributed by atoms with E-state index in [1.165, 1.54) is 32.2 Å². The van der Waals surface area contributed by atoms with Gasteiger partial charge in [0.15, 0.2) is 0 Å². The van der Waals surface area contributed by atoms with E-state index >= 15 is 0 Å². The summed E-state index contributed by atoms with van der Waals surface area (Å²) in [6.07, 6.45) is 5.35. The first kappa shape index (κ1) is 16.0. The van der Waals surface area contributed by atoms with Crippen LogP contribution in [0.1, 0.15) is 74.1 Å². The van der Waals surface area contributed by atoms with Gasteiger partial charge in [0.05, 0.1) is 0 Å². The van der Waals surface area contributed by atoms with Gasteiger partial charge >= 0.3 is 0 Å². The minimum atomic E-state index is 0.510. The largest absolute Gasteiger partial charge is 0.314 e. The maximum absolute atomic E-state index is 3.82. The minimum Gasteiger partial charge on any atom is -0.314 e. The molecule has 1 atom stereocenters. The molecule has 1 nitrogen and oxygen atoms in total. The summed E-state index contributed by atoms with van der Waals surface area (Å²) >= 11 is 0. The first-order valence-corrected chi connectivity index (χ1v) is 7.98. The first-order valence-electron chi connectivity index (χ1n) is 7.98. The molecule has 0 aliphatic heterocycles. The van der Waals surface area contributed by atoms with Gasteiger partial charge in [-0.1, -0.05) is 61.3 Å². The van der Waals surface area contributed by atoms with Crippen LogP contribution in [0.25, 0.3) is 0 Å². The Morgan fingerprint density at radius 1 is 1.00 bits per heavy atom. The molecule has 18 heavy (non-hydrogen) atoms. The van der Waals surface area contributed by atoms with Gasteiger partial charge in [0.25, 0.3) is 0 Å². The van der Waals surface area contributed by atoms with Gasteiger partial charge < -0.3 is 5.32 Å². The normalized spacial score (nSPS) is 23.3. The Balaban J connectivity index is 2.52. The maximum atomic E-state index is 3.82. The highest BCUT2D eigenvalue weighted by molar-refractivity contribution is 5.16. The molecule has 1 saturated carbocycles. The van der Waals surface area contributed by atoms with Gasteiger partial charge in [-0.05, 0) is 42.1 Å². The van der Waals surface area contributed by atoms with E-state index in [1.807, 2.05) is 0 Å². The summed E-state index contributed by atoms with van der Waals surface area (Å²) in [7, 11) is 0. The molecule has 1 aliphatic carbocycles. The van der Waals surface area contributed by atoms with E-state index in [1.54, 1.807) is 0 Å². The molecule has 0 aromatic carbocycles. The van der Waals surface area contributed by atoms with Gasteiger partial charge in [0, 0.05) is 6.04 Å². The van der Waals surface area contributed by atoms with E-state index in [0.717, 1.165) is 17.9 Å². The van der Waals surface area contributed by atoms with Gasteiger partial charge in [0.2, 0.25) is 0 Å². The summed E-state index contributed by atoms with van der Waals surface area (Å²) in [5, 5.41) is 3.82. The Kier molecular flexibility index (Phi) is 5.29. The Morgan fingerprint density at radius 2 is 1.56 bits per heavy atom. The third kappa shape index (κ3) is 3.29. The molecule has 0 aromatic heterocycles. The van der Waals surface area contributed by atoms with Crippen molar-refractivity contribution >= 4 is 0 Å². The van der Waals surface area contributed by atoms with E-state index in [4.69, 9.17) is 0 Å². The molecule has 0 heterocycles. The molecule has 0 radical (unpaired) electrons. The predicted molar refractivity (Wildman–Crippen MR) is 81.8 cm³/mol. The molecule has 1 unspecified atom stereocenters. The molecule has 0 saturated heterocycles. The minimum absolute atomic E-state index is 0.510. The number of hydrogen-bond donors (Lipinski definition) is 1. The maximum Gasteiger partial charge on any atom is 0.0106 e. The third-order valence-corrected chi connectivity index (χ3v) is 5.49. The van der Waals surface area contributed by atoms with Crippen molar-refractivity contribution in [1.29, 1.82) is 0 Å². The van der Waals surface area contributed by atoms with E-state index in [2.05, 4.69) is 53.8 Å². The second kappa shape index (κ2) is 5.94. The smallest absolute Gasteiger partial charge is 0.0106 e. The summed E-state index contributed by atoms with van der Waals surface area (Å²) in [4.78, 5) is 0. The fourth-order valence-corrected chi connectivity index (χ4v) is 3.72. The Labute approximate surface area is 115 Å². The van der Waals surface area contributed by atoms with Crippen molar-refractivity contribution in [2.75, 3.05) is 6.54 Å². The summed E-state index contributed by atoms with van der Waals surface area (Å²) in [5.41, 5.74) is 1.02. The van der Waals surface area contributed by atoms with E-state index in [-0.39, 0.29) is 0 Å². The van der Waals surface area contributed by atoms with Crippen molar-refractivity contribution in [3.8, 4) is 0 Å². The fraction of sp³-hybridized carbons (Fsp3) is 1.00. The average molecular weight is 253 g/mol. The zero-order valence-electron chi connectivity index (χ0n) is 13.8. The molecular formula is C17H35N. The molecule has 1 fully saturated rings. The molecule has 108 valence electrons. The van der Waals surface area contributed by atoms with Crippen LogP contribution in [-0.4, -0.2) is 12.6 Å². The third-order valence-electron chi connectivity index (χ3n) is 5.49. The van der Waals surface area contributed by atoms with Gasteiger partial charge in [-0.2, -0.15) is 0 Å². The van der Waals surface area contributed by atoms with Crippen LogP contribution in [0.5, 0.6) is 0 Å². The molecule has 1 aliphatic rings. The number of nitrogens with one attached hydrogen (secondary N) is 1. The summed E-state index contributed by atoms with van der Waals surface area (Å²) in [6, 6.07) is 0.730. The van der Waals surface area contributed by atoms with Crippen LogP contribution in [0.2, 0.25) is 0 Å². The van der Waals surface area contributed by atoms with Gasteiger partial charge in [-0.3, -0.25) is 0 Å². The second-order valence-electron chi connectivity index (χ2n) is 7.81. The fourth-order valence-electron chi connectivity index (χ4n) is 3.72. The monoisotopic (exact) mass is 253 g/mol. The lowest BCUT2D eigenvalue weighted by Gasteiger charge is -2.21. The average Bonchev–Trinajstić information content (AvgIpc) is 2.63. The van der Waals surface area contributed by atoms with Crippen molar-refractivity contribution < 1.29 is 0 Å². The quantitative estimate of drug-likeness (QED) is 0.651. The summed E-state index contributed by atoms with van der Waals surface area (Å²) < 4.78 is 0. The van der Waals surface area contributed by atoms with Crippen LogP contribution >= 0.6 is 0 Å². The van der Waals surface area contributed by atoms with E-state index in [9.17, 15) is 0 Å². The zero-order chi connectivity index (χ0) is 14.0. The van der Waals surface area contributed by atoms with E-state index in [0.29, 0.717) is 10.8 Å². The Hall–Kier alpha value is -0.0400. The van der Waals surface area contributed by atoms with Gasteiger partial charge in [-0.25, -0.2) is 0 Å². The zero-order valence-corrected chi connectivity index (χ0v) is 13.8. The summed E-state index contributed by atoms with van der Waals surface area (Å²) in [6.45, 7) is 17.9. The molecule has 1 rings (SSSR count). The van der Waals surface area contributed by atoms with Crippen LogP contribution in [-0.2, 0) is 0 Å². The molecule has 0 amide bonds. The van der Waals surface area contributed by atoms with Crippen molar-refractivity contribution in [3.63, 3.8) is 0 Å². The number of hydrogen-bond acceptors (Lipinski definition) is 1. The standard InChI is InChI=1S/C17H35N/c1-8-12-18-14(11-9-10-13(2)3)15-16(4,5)17(15,6)7/h13-15,18H,8-12H2,1-7H3. The highest BCUT2D eigenvalue weighted by Gasteiger charge is 2.66. The van der Waals surface area contributed by atoms with Crippen LogP contribution in [0.3, 0.4) is 0 Å². The lowest BCUT2D eigenvalue weighted by atomic mass is 9.96. The van der Waals surface area contributed by atoms with E-state index < -0.39 is 0 Å². The van der Waals surface area contributed by atoms with Crippen LogP contribution in [0.4, 0.5) is 0 Å². The topological polar surface area (TPSA) is 12.0 Å². The Bertz CT molecular complexity index is 238. The lowest BCUT2D eigenvalue weighted by molar-refractivity contribution is 0.358. The van der Waals surface area contributed by atoms with Gasteiger partial charge in [-0.15, -0.1) is 0 Å². The van der Waals surface area contributed by atoms with Gasteiger partial charge in [0.1, 0.15) is 0 Å². The summed E-state index contributed by atoms with van der Waals surface area (Å²) in [5.74, 6) is 1.70. The molecule has 1 N–H and O–H groups in total. The second-order valence-corrected chi connectivity index (χ2v) is 7.81. The van der Waals surface area contributed by atoms with Crippen molar-refractivity contribution in [1.82, 2.24) is 5.32 Å². The highest BCUT2D eigenvalue weighted by atomic mass is 15.0. The SMILES string of the molecule is CCCNC(CCCC(C)C)C1C(C)(C)C1(C)C. The van der Waals surface area contributed by atoms with Crippen LogP contribution < -0.4 is 5.32 Å². The molecule has 1 heteroatoms. The molecule has 0 spiro atoms. The molecular weight excluding hydrogens is 218 g/mol. The predicted octanol–water partition coefficient (Wildman–Crippen LogP) is 4.86. The Morgan fingerprint density at radius 3 is 1.94 bits per heavy atom.